The maximum Gasteiger partial charge on any atom is 0.277 e. The molecule has 0 saturated heterocycles. The van der Waals surface area contributed by atoms with Crippen LogP contribution in [0.4, 0.5) is 5.82 Å². The summed E-state index contributed by atoms with van der Waals surface area (Å²) in [6.07, 6.45) is 1.51. The van der Waals surface area contributed by atoms with Crippen LogP contribution in [0.15, 0.2) is 24.4 Å². The number of aromatic nitrogens is 3. The monoisotopic (exact) mass is 252 g/mol. The molecule has 0 aliphatic carbocycles. The number of methoxy groups -OCH3 is 1. The summed E-state index contributed by atoms with van der Waals surface area (Å²) in [5.41, 5.74) is 0.201. The van der Waals surface area contributed by atoms with Crippen molar-refractivity contribution < 1.29 is 9.53 Å². The summed E-state index contributed by atoms with van der Waals surface area (Å²) in [5, 5.41) is 9.07. The van der Waals surface area contributed by atoms with Gasteiger partial charge in [-0.3, -0.25) is 9.89 Å². The number of nitrogens with zero attached hydrogens (tertiary/aromatic N) is 2. The summed E-state index contributed by atoms with van der Waals surface area (Å²) in [7, 11) is 1.54. The number of carbonyl (C=O) groups excluding carboxylic acids is 1. The van der Waals surface area contributed by atoms with Crippen LogP contribution in [0, 0.1) is 0 Å². The Morgan fingerprint density at radius 2 is 2.35 bits per heavy atom. The van der Waals surface area contributed by atoms with E-state index < -0.39 is 0 Å². The van der Waals surface area contributed by atoms with Crippen LogP contribution in [0.25, 0.3) is 0 Å². The fourth-order valence-corrected chi connectivity index (χ4v) is 1.32. The summed E-state index contributed by atoms with van der Waals surface area (Å²) in [6, 6.07) is 4.76. The first-order valence-electron chi connectivity index (χ1n) is 4.71. The largest absolute Gasteiger partial charge is 0.495 e. The third-order valence-corrected chi connectivity index (χ3v) is 2.19. The molecule has 2 aromatic heterocycles. The van der Waals surface area contributed by atoms with Gasteiger partial charge >= 0.3 is 0 Å². The van der Waals surface area contributed by atoms with Crippen LogP contribution >= 0.6 is 11.6 Å². The van der Waals surface area contributed by atoms with Gasteiger partial charge < -0.3 is 10.1 Å². The molecule has 0 saturated carbocycles. The number of aromatic amines is 1. The molecular weight excluding hydrogens is 244 g/mol. The highest BCUT2D eigenvalue weighted by atomic mass is 35.5. The molecule has 2 aromatic rings. The normalized spacial score (nSPS) is 10.0. The van der Waals surface area contributed by atoms with Crippen LogP contribution in [0.5, 0.6) is 5.75 Å². The van der Waals surface area contributed by atoms with Crippen molar-refractivity contribution >= 4 is 23.3 Å². The van der Waals surface area contributed by atoms with Crippen molar-refractivity contribution in [3.63, 3.8) is 0 Å². The molecule has 0 fully saturated rings. The minimum absolute atomic E-state index is 0.201. The lowest BCUT2D eigenvalue weighted by molar-refractivity contribution is 0.102. The van der Waals surface area contributed by atoms with Crippen LogP contribution in [-0.4, -0.2) is 28.2 Å². The first-order chi connectivity index (χ1) is 8.19. The molecule has 17 heavy (non-hydrogen) atoms. The molecule has 0 unspecified atom stereocenters. The van der Waals surface area contributed by atoms with Gasteiger partial charge in [-0.15, -0.1) is 0 Å². The number of H-pyrrole nitrogens is 1. The smallest absolute Gasteiger partial charge is 0.277 e. The lowest BCUT2D eigenvalue weighted by Gasteiger charge is -2.03. The molecule has 2 N–H and O–H groups in total. The zero-order valence-corrected chi connectivity index (χ0v) is 9.65. The summed E-state index contributed by atoms with van der Waals surface area (Å²) < 4.78 is 4.95. The molecule has 0 aliphatic heterocycles. The van der Waals surface area contributed by atoms with E-state index in [4.69, 9.17) is 16.3 Å². The Bertz CT molecular complexity index is 523. The van der Waals surface area contributed by atoms with Gasteiger partial charge in [0.05, 0.1) is 13.3 Å². The fourth-order valence-electron chi connectivity index (χ4n) is 1.17. The van der Waals surface area contributed by atoms with Crippen LogP contribution in [-0.2, 0) is 0 Å². The molecule has 0 aromatic carbocycles. The minimum Gasteiger partial charge on any atom is -0.495 e. The van der Waals surface area contributed by atoms with E-state index >= 15 is 0 Å². The number of anilines is 1. The second-order valence-corrected chi connectivity index (χ2v) is 3.55. The Balaban J connectivity index is 2.07. The lowest BCUT2D eigenvalue weighted by atomic mass is 10.4. The van der Waals surface area contributed by atoms with E-state index in [1.54, 1.807) is 19.2 Å². The third kappa shape index (κ3) is 2.73. The number of hydrogen-bond donors (Lipinski definition) is 2. The van der Waals surface area contributed by atoms with Gasteiger partial charge in [-0.25, -0.2) is 4.98 Å². The molecule has 2 heterocycles. The number of carbonyl (C=O) groups is 1. The molecule has 0 spiro atoms. The summed E-state index contributed by atoms with van der Waals surface area (Å²) in [6.45, 7) is 0. The summed E-state index contributed by atoms with van der Waals surface area (Å²) in [4.78, 5) is 15.7. The van der Waals surface area contributed by atoms with Gasteiger partial charge in [0.25, 0.3) is 5.91 Å². The van der Waals surface area contributed by atoms with Crippen molar-refractivity contribution in [1.82, 2.24) is 15.2 Å². The van der Waals surface area contributed by atoms with Gasteiger partial charge in [-0.1, -0.05) is 11.6 Å². The second-order valence-electron chi connectivity index (χ2n) is 3.14. The van der Waals surface area contributed by atoms with Gasteiger partial charge in [0.15, 0.2) is 5.69 Å². The average Bonchev–Trinajstić information content (AvgIpc) is 2.77. The van der Waals surface area contributed by atoms with E-state index in [1.165, 1.54) is 12.3 Å². The maximum atomic E-state index is 11.7. The highest BCUT2D eigenvalue weighted by Crippen LogP contribution is 2.12. The van der Waals surface area contributed by atoms with Gasteiger partial charge in [0.2, 0.25) is 0 Å². The Labute approximate surface area is 102 Å². The van der Waals surface area contributed by atoms with Crippen LogP contribution < -0.4 is 10.1 Å². The Kier molecular flexibility index (Phi) is 3.24. The number of pyridine rings is 1. The predicted molar refractivity (Wildman–Crippen MR) is 62.3 cm³/mol. The fraction of sp³-hybridized carbons (Fsp3) is 0.100. The predicted octanol–water partition coefficient (Wildman–Crippen LogP) is 1.72. The molecule has 0 atom stereocenters. The van der Waals surface area contributed by atoms with Crippen molar-refractivity contribution in [2.24, 2.45) is 0 Å². The zero-order valence-electron chi connectivity index (χ0n) is 8.90. The molecule has 0 radical (unpaired) electrons. The Hall–Kier alpha value is -2.08. The molecule has 7 heteroatoms. The number of nitrogens with one attached hydrogen (secondary N) is 2. The van der Waals surface area contributed by atoms with Crippen molar-refractivity contribution in [2.75, 3.05) is 12.4 Å². The molecule has 2 rings (SSSR count). The highest BCUT2D eigenvalue weighted by Gasteiger charge is 2.10. The van der Waals surface area contributed by atoms with E-state index in [1.807, 2.05) is 0 Å². The van der Waals surface area contributed by atoms with Crippen LogP contribution in [0.2, 0.25) is 5.15 Å². The molecule has 1 amide bonds. The molecular formula is C10H9ClN4O2. The van der Waals surface area contributed by atoms with Gasteiger partial charge in [0.1, 0.15) is 16.7 Å². The lowest BCUT2D eigenvalue weighted by Crippen LogP contribution is -2.13. The summed E-state index contributed by atoms with van der Waals surface area (Å²) >= 11 is 5.62. The number of rotatable bonds is 3. The van der Waals surface area contributed by atoms with Crippen molar-refractivity contribution in [2.45, 2.75) is 0 Å². The van der Waals surface area contributed by atoms with Crippen LogP contribution in [0.1, 0.15) is 10.5 Å². The van der Waals surface area contributed by atoms with E-state index in [0.717, 1.165) is 0 Å². The topological polar surface area (TPSA) is 79.9 Å². The Morgan fingerprint density at radius 3 is 2.88 bits per heavy atom. The van der Waals surface area contributed by atoms with Gasteiger partial charge in [-0.05, 0) is 12.1 Å². The van der Waals surface area contributed by atoms with E-state index in [0.29, 0.717) is 16.7 Å². The second kappa shape index (κ2) is 4.84. The van der Waals surface area contributed by atoms with Gasteiger partial charge in [0, 0.05) is 6.07 Å². The number of amides is 1. The molecule has 0 aliphatic rings. The average molecular weight is 253 g/mol. The van der Waals surface area contributed by atoms with Crippen LogP contribution in [0.3, 0.4) is 0 Å². The van der Waals surface area contributed by atoms with Crippen molar-refractivity contribution in [1.29, 1.82) is 0 Å². The van der Waals surface area contributed by atoms with E-state index in [-0.39, 0.29) is 11.6 Å². The highest BCUT2D eigenvalue weighted by molar-refractivity contribution is 6.29. The number of halogens is 1. The van der Waals surface area contributed by atoms with Crippen molar-refractivity contribution in [3.8, 4) is 5.75 Å². The van der Waals surface area contributed by atoms with E-state index in [9.17, 15) is 4.79 Å². The maximum absolute atomic E-state index is 11.7. The van der Waals surface area contributed by atoms with E-state index in [2.05, 4.69) is 20.5 Å². The molecule has 6 nitrogen and oxygen atoms in total. The summed E-state index contributed by atoms with van der Waals surface area (Å²) in [5.74, 6) is 0.645. The first kappa shape index (κ1) is 11.4. The number of ether oxygens (including phenoxy) is 1. The zero-order chi connectivity index (χ0) is 12.3. The quantitative estimate of drug-likeness (QED) is 0.872. The standard InChI is InChI=1S/C10H9ClN4O2/c1-17-6-2-3-9(12-5-6)13-10(16)7-4-8(11)15-14-7/h2-5H,1H3,(H,14,15)(H,12,13,16). The third-order valence-electron chi connectivity index (χ3n) is 1.99. The van der Waals surface area contributed by atoms with Gasteiger partial charge in [-0.2, -0.15) is 5.10 Å². The number of hydrogen-bond acceptors (Lipinski definition) is 4. The molecule has 88 valence electrons. The first-order valence-corrected chi connectivity index (χ1v) is 5.09. The minimum atomic E-state index is -0.384. The molecule has 0 bridgehead atoms. The van der Waals surface area contributed by atoms with Crippen molar-refractivity contribution in [3.05, 3.63) is 35.2 Å². The Morgan fingerprint density at radius 1 is 1.53 bits per heavy atom. The SMILES string of the molecule is COc1ccc(NC(=O)c2cc(Cl)[nH]n2)nc1.